The molecule has 0 bridgehead atoms. The average molecular weight is 325 g/mol. The molecule has 1 saturated heterocycles. The van der Waals surface area contributed by atoms with Gasteiger partial charge in [-0.1, -0.05) is 12.1 Å². The number of hydrogen-bond acceptors (Lipinski definition) is 4. The van der Waals surface area contributed by atoms with E-state index >= 15 is 0 Å². The van der Waals surface area contributed by atoms with E-state index < -0.39 is 0 Å². The van der Waals surface area contributed by atoms with Gasteiger partial charge in [0.15, 0.2) is 0 Å². The third kappa shape index (κ3) is 4.11. The summed E-state index contributed by atoms with van der Waals surface area (Å²) in [4.78, 5) is 16.5. The summed E-state index contributed by atoms with van der Waals surface area (Å²) in [6, 6.07) is 8.05. The Morgan fingerprint density at radius 1 is 1.29 bits per heavy atom. The Balaban J connectivity index is 1.66. The summed E-state index contributed by atoms with van der Waals surface area (Å²) >= 11 is 0. The lowest BCUT2D eigenvalue weighted by Gasteiger charge is -2.13. The van der Waals surface area contributed by atoms with Crippen molar-refractivity contribution in [1.29, 1.82) is 0 Å². The Kier molecular flexibility index (Phi) is 5.11. The summed E-state index contributed by atoms with van der Waals surface area (Å²) in [5.41, 5.74) is 4.70. The number of aromatic nitrogens is 1. The molecule has 0 aliphatic carbocycles. The van der Waals surface area contributed by atoms with E-state index in [-0.39, 0.29) is 12.0 Å². The molecule has 126 valence electrons. The molecule has 1 aliphatic rings. The van der Waals surface area contributed by atoms with Crippen LogP contribution in [0.1, 0.15) is 34.3 Å². The summed E-state index contributed by atoms with van der Waals surface area (Å²) in [6.07, 6.45) is 5.51. The molecule has 3 rings (SSSR count). The maximum absolute atomic E-state index is 12.3. The zero-order valence-electron chi connectivity index (χ0n) is 14.1. The van der Waals surface area contributed by atoms with Gasteiger partial charge >= 0.3 is 0 Å². The SMILES string of the molecule is Cc1ccc(C)c(Nc2cncc(C(=O)NCC3CCCO3)c2)c1. The monoisotopic (exact) mass is 325 g/mol. The van der Waals surface area contributed by atoms with E-state index in [9.17, 15) is 4.79 Å². The van der Waals surface area contributed by atoms with Gasteiger partial charge < -0.3 is 15.4 Å². The van der Waals surface area contributed by atoms with E-state index in [0.29, 0.717) is 12.1 Å². The fourth-order valence-electron chi connectivity index (χ4n) is 2.77. The highest BCUT2D eigenvalue weighted by molar-refractivity contribution is 5.94. The second-order valence-corrected chi connectivity index (χ2v) is 6.25. The van der Waals surface area contributed by atoms with Crippen molar-refractivity contribution in [3.8, 4) is 0 Å². The number of hydrogen-bond donors (Lipinski definition) is 2. The molecule has 1 amide bonds. The van der Waals surface area contributed by atoms with Crippen LogP contribution in [-0.2, 0) is 4.74 Å². The molecule has 1 aromatic heterocycles. The van der Waals surface area contributed by atoms with Crippen LogP contribution in [0.15, 0.2) is 36.7 Å². The average Bonchev–Trinajstić information content (AvgIpc) is 3.10. The molecule has 2 aromatic rings. The number of nitrogens with zero attached hydrogens (tertiary/aromatic N) is 1. The van der Waals surface area contributed by atoms with Crippen molar-refractivity contribution in [2.45, 2.75) is 32.8 Å². The minimum absolute atomic E-state index is 0.123. The lowest BCUT2D eigenvalue weighted by atomic mass is 10.1. The summed E-state index contributed by atoms with van der Waals surface area (Å²) in [5.74, 6) is -0.123. The molecule has 24 heavy (non-hydrogen) atoms. The molecular weight excluding hydrogens is 302 g/mol. The lowest BCUT2D eigenvalue weighted by molar-refractivity contribution is 0.0857. The van der Waals surface area contributed by atoms with Gasteiger partial charge in [-0.05, 0) is 49.9 Å². The minimum Gasteiger partial charge on any atom is -0.376 e. The van der Waals surface area contributed by atoms with Crippen molar-refractivity contribution < 1.29 is 9.53 Å². The van der Waals surface area contributed by atoms with Gasteiger partial charge in [-0.15, -0.1) is 0 Å². The van der Waals surface area contributed by atoms with Gasteiger partial charge in [0.05, 0.1) is 23.6 Å². The van der Waals surface area contributed by atoms with E-state index in [0.717, 1.165) is 36.4 Å². The number of carbonyl (C=O) groups is 1. The van der Waals surface area contributed by atoms with E-state index in [1.807, 2.05) is 13.0 Å². The zero-order valence-corrected chi connectivity index (χ0v) is 14.1. The second-order valence-electron chi connectivity index (χ2n) is 6.25. The number of amides is 1. The lowest BCUT2D eigenvalue weighted by Crippen LogP contribution is -2.31. The van der Waals surface area contributed by atoms with Crippen molar-refractivity contribution in [2.75, 3.05) is 18.5 Å². The first-order chi connectivity index (χ1) is 11.6. The van der Waals surface area contributed by atoms with Crippen LogP contribution >= 0.6 is 0 Å². The van der Waals surface area contributed by atoms with Crippen LogP contribution in [0.5, 0.6) is 0 Å². The first-order valence-electron chi connectivity index (χ1n) is 8.31. The molecule has 0 saturated carbocycles. The largest absolute Gasteiger partial charge is 0.376 e. The van der Waals surface area contributed by atoms with Gasteiger partial charge in [-0.3, -0.25) is 9.78 Å². The van der Waals surface area contributed by atoms with Crippen LogP contribution in [0.3, 0.4) is 0 Å². The van der Waals surface area contributed by atoms with Crippen LogP contribution in [0.4, 0.5) is 11.4 Å². The third-order valence-corrected chi connectivity index (χ3v) is 4.19. The zero-order chi connectivity index (χ0) is 16.9. The molecule has 2 N–H and O–H groups in total. The van der Waals surface area contributed by atoms with Crippen LogP contribution in [0.2, 0.25) is 0 Å². The van der Waals surface area contributed by atoms with E-state index in [4.69, 9.17) is 4.74 Å². The Morgan fingerprint density at radius 3 is 2.96 bits per heavy atom. The van der Waals surface area contributed by atoms with Gasteiger partial charge in [-0.2, -0.15) is 0 Å². The highest BCUT2D eigenvalue weighted by Crippen LogP contribution is 2.22. The maximum Gasteiger partial charge on any atom is 0.253 e. The Labute approximate surface area is 142 Å². The number of rotatable bonds is 5. The number of carbonyl (C=O) groups excluding carboxylic acids is 1. The third-order valence-electron chi connectivity index (χ3n) is 4.19. The first-order valence-corrected chi connectivity index (χ1v) is 8.31. The highest BCUT2D eigenvalue weighted by atomic mass is 16.5. The van der Waals surface area contributed by atoms with Gasteiger partial charge in [0.1, 0.15) is 0 Å². The van der Waals surface area contributed by atoms with Crippen molar-refractivity contribution in [1.82, 2.24) is 10.3 Å². The van der Waals surface area contributed by atoms with E-state index in [2.05, 4.69) is 40.7 Å². The van der Waals surface area contributed by atoms with E-state index in [1.54, 1.807) is 12.4 Å². The highest BCUT2D eigenvalue weighted by Gasteiger charge is 2.17. The molecule has 2 heterocycles. The van der Waals surface area contributed by atoms with Crippen molar-refractivity contribution in [3.63, 3.8) is 0 Å². The van der Waals surface area contributed by atoms with Gasteiger partial charge in [0, 0.05) is 25.0 Å². The summed E-state index contributed by atoms with van der Waals surface area (Å²) in [7, 11) is 0. The molecule has 1 aliphatic heterocycles. The molecule has 1 atom stereocenters. The molecule has 1 unspecified atom stereocenters. The molecule has 0 radical (unpaired) electrons. The fraction of sp³-hybridized carbons (Fsp3) is 0.368. The van der Waals surface area contributed by atoms with Gasteiger partial charge in [0.25, 0.3) is 5.91 Å². The second kappa shape index (κ2) is 7.45. The number of ether oxygens (including phenoxy) is 1. The standard InChI is InChI=1S/C19H23N3O2/c1-13-5-6-14(2)18(8-13)22-16-9-15(10-20-11-16)19(23)21-12-17-4-3-7-24-17/h5-6,8-11,17,22H,3-4,7,12H2,1-2H3,(H,21,23). The number of aryl methyl sites for hydroxylation is 2. The molecule has 1 fully saturated rings. The predicted molar refractivity (Wildman–Crippen MR) is 94.7 cm³/mol. The molecular formula is C19H23N3O2. The molecule has 0 spiro atoms. The van der Waals surface area contributed by atoms with Crippen LogP contribution < -0.4 is 10.6 Å². The smallest absolute Gasteiger partial charge is 0.253 e. The van der Waals surface area contributed by atoms with Crippen LogP contribution in [-0.4, -0.2) is 30.1 Å². The van der Waals surface area contributed by atoms with Crippen molar-refractivity contribution >= 4 is 17.3 Å². The number of anilines is 2. The van der Waals surface area contributed by atoms with E-state index in [1.165, 1.54) is 5.56 Å². The minimum atomic E-state index is -0.123. The molecule has 5 heteroatoms. The maximum atomic E-state index is 12.3. The van der Waals surface area contributed by atoms with Crippen molar-refractivity contribution in [2.24, 2.45) is 0 Å². The molecule has 5 nitrogen and oxygen atoms in total. The summed E-state index contributed by atoms with van der Waals surface area (Å²) in [5, 5.41) is 6.26. The number of benzene rings is 1. The quantitative estimate of drug-likeness (QED) is 0.885. The normalized spacial score (nSPS) is 16.8. The Morgan fingerprint density at radius 2 is 2.17 bits per heavy atom. The van der Waals surface area contributed by atoms with Crippen LogP contribution in [0.25, 0.3) is 0 Å². The first kappa shape index (κ1) is 16.5. The number of nitrogens with one attached hydrogen (secondary N) is 2. The summed E-state index contributed by atoms with van der Waals surface area (Å²) < 4.78 is 5.52. The van der Waals surface area contributed by atoms with Gasteiger partial charge in [0.2, 0.25) is 0 Å². The Bertz CT molecular complexity index is 724. The fourth-order valence-corrected chi connectivity index (χ4v) is 2.77. The summed E-state index contributed by atoms with van der Waals surface area (Å²) in [6.45, 7) is 5.44. The van der Waals surface area contributed by atoms with Crippen LogP contribution in [0, 0.1) is 13.8 Å². The topological polar surface area (TPSA) is 63.2 Å². The number of pyridine rings is 1. The Hall–Kier alpha value is -2.40. The molecule has 1 aromatic carbocycles. The predicted octanol–water partition coefficient (Wildman–Crippen LogP) is 3.35. The van der Waals surface area contributed by atoms with Crippen molar-refractivity contribution in [3.05, 3.63) is 53.3 Å². The van der Waals surface area contributed by atoms with Gasteiger partial charge in [-0.25, -0.2) is 0 Å².